The van der Waals surface area contributed by atoms with E-state index >= 15 is 0 Å². The van der Waals surface area contributed by atoms with E-state index in [-0.39, 0.29) is 31.7 Å². The molecule has 5 N–H and O–H groups in total. The number of aromatic nitrogens is 2. The quantitative estimate of drug-likeness (QED) is 0.0823. The van der Waals surface area contributed by atoms with E-state index in [9.17, 15) is 9.36 Å². The summed E-state index contributed by atoms with van der Waals surface area (Å²) in [6.07, 6.45) is 2.84. The van der Waals surface area contributed by atoms with Crippen LogP contribution in [0.25, 0.3) is 21.8 Å². The van der Waals surface area contributed by atoms with Crippen LogP contribution in [0, 0.1) is 0 Å². The zero-order chi connectivity index (χ0) is 30.1. The molecule has 0 amide bonds. The van der Waals surface area contributed by atoms with Gasteiger partial charge in [0, 0.05) is 23.4 Å². The Bertz CT molecular complexity index is 1560. The van der Waals surface area contributed by atoms with Gasteiger partial charge in [0.05, 0.1) is 38.1 Å². The van der Waals surface area contributed by atoms with Crippen molar-refractivity contribution in [3.8, 4) is 5.75 Å². The number of anilines is 1. The lowest BCUT2D eigenvalue weighted by Gasteiger charge is -2.15. The fourth-order valence-electron chi connectivity index (χ4n) is 4.56. The van der Waals surface area contributed by atoms with Crippen molar-refractivity contribution in [2.75, 3.05) is 44.9 Å². The van der Waals surface area contributed by atoms with E-state index in [1.807, 2.05) is 48.7 Å². The molecule has 1 atom stereocenters. The number of carbonyl (C=O) groups is 1. The summed E-state index contributed by atoms with van der Waals surface area (Å²) in [5.41, 5.74) is 10.7. The second-order valence-electron chi connectivity index (χ2n) is 10.1. The zero-order valence-corrected chi connectivity index (χ0v) is 24.3. The Morgan fingerprint density at radius 3 is 2.36 bits per heavy atom. The summed E-state index contributed by atoms with van der Waals surface area (Å²) in [5.74, 6) is 0.429. The molecule has 42 heavy (non-hydrogen) atoms. The number of hydrogen-bond donors (Lipinski definition) is 4. The second-order valence-corrected chi connectivity index (χ2v) is 11.9. The van der Waals surface area contributed by atoms with Gasteiger partial charge in [-0.25, -0.2) is 4.98 Å². The number of hydrogen-bond acceptors (Lipinski definition) is 8. The second kappa shape index (κ2) is 14.5. The topological polar surface area (TPSA) is 174 Å². The Hall–Kier alpha value is -3.60. The lowest BCUT2D eigenvalue weighted by molar-refractivity contribution is -0.136. The molecule has 0 spiro atoms. The van der Waals surface area contributed by atoms with Crippen molar-refractivity contribution >= 4 is 41.2 Å². The van der Waals surface area contributed by atoms with Crippen LogP contribution in [0.5, 0.6) is 5.75 Å². The maximum absolute atomic E-state index is 11.0. The van der Waals surface area contributed by atoms with Crippen LogP contribution in [0.3, 0.4) is 0 Å². The maximum atomic E-state index is 11.0. The van der Waals surface area contributed by atoms with Crippen LogP contribution in [0.2, 0.25) is 0 Å². The van der Waals surface area contributed by atoms with Crippen LogP contribution >= 0.6 is 7.60 Å². The molecule has 0 fully saturated rings. The first-order valence-electron chi connectivity index (χ1n) is 13.7. The third-order valence-corrected chi connectivity index (χ3v) is 7.57. The summed E-state index contributed by atoms with van der Waals surface area (Å²) in [6, 6.07) is 15.8. The molecule has 0 aliphatic carbocycles. The third-order valence-electron chi connectivity index (χ3n) is 6.80. The van der Waals surface area contributed by atoms with E-state index in [2.05, 4.69) is 23.0 Å². The number of carboxylic acids is 1. The Balaban J connectivity index is 1.30. The van der Waals surface area contributed by atoms with Gasteiger partial charge in [0.25, 0.3) is 0 Å². The van der Waals surface area contributed by atoms with E-state index in [0.717, 1.165) is 45.1 Å². The molecule has 1 unspecified atom stereocenters. The number of ether oxygens (including phenoxy) is 3. The summed E-state index contributed by atoms with van der Waals surface area (Å²) >= 11 is 0. The smallest absolute Gasteiger partial charge is 0.327 e. The highest BCUT2D eigenvalue weighted by molar-refractivity contribution is 7.51. The van der Waals surface area contributed by atoms with Crippen LogP contribution in [0.1, 0.15) is 36.0 Å². The lowest BCUT2D eigenvalue weighted by atomic mass is 9.93. The molecular weight excluding hydrogens is 561 g/mol. The minimum absolute atomic E-state index is 0.00611. The average molecular weight is 598 g/mol. The SMILES string of the molecule is CC(Cc1ccc(OCCOCCOCCP(=O)(O)O)cc1)c1cnc2c(N)nc3cc(CCC(=O)O)ccc3c2c1. The minimum Gasteiger partial charge on any atom is -0.491 e. The number of aryl methyl sites for hydroxylation is 1. The summed E-state index contributed by atoms with van der Waals surface area (Å²) in [6.45, 7) is 3.46. The first kappa shape index (κ1) is 31.3. The third kappa shape index (κ3) is 9.20. The van der Waals surface area contributed by atoms with Crippen molar-refractivity contribution in [3.05, 3.63) is 71.4 Å². The van der Waals surface area contributed by atoms with Crippen LogP contribution in [0.15, 0.2) is 54.7 Å². The van der Waals surface area contributed by atoms with E-state index in [1.54, 1.807) is 0 Å². The van der Waals surface area contributed by atoms with Crippen molar-refractivity contribution in [1.29, 1.82) is 0 Å². The summed E-state index contributed by atoms with van der Waals surface area (Å²) in [7, 11) is -4.03. The number of benzene rings is 2. The number of nitrogens with zero attached hydrogens (tertiary/aromatic N) is 2. The van der Waals surface area contributed by atoms with Crippen molar-refractivity contribution in [2.45, 2.75) is 32.1 Å². The molecule has 12 heteroatoms. The molecule has 2 heterocycles. The van der Waals surface area contributed by atoms with Gasteiger partial charge in [0.1, 0.15) is 17.9 Å². The lowest BCUT2D eigenvalue weighted by Crippen LogP contribution is -2.12. The Kier molecular flexibility index (Phi) is 10.8. The fraction of sp³-hybridized carbons (Fsp3) is 0.367. The first-order valence-corrected chi connectivity index (χ1v) is 15.5. The standard InChI is InChI=1S/C30H36N3O8P/c1-20(16-21-2-6-24(7-3-21)41-13-12-39-10-11-40-14-15-42(36,37)38)23-18-26-25-8-4-22(5-9-28(34)35)17-27(25)33-30(31)29(26)32-19-23/h2-4,6-8,17-20H,5,9-16H2,1H3,(H2,31,33)(H,34,35)(H2,36,37,38). The van der Waals surface area contributed by atoms with Crippen LogP contribution in [0.4, 0.5) is 5.82 Å². The number of aliphatic carboxylic acids is 1. The molecule has 2 aromatic carbocycles. The van der Waals surface area contributed by atoms with Crippen LogP contribution in [-0.4, -0.2) is 70.0 Å². The highest BCUT2D eigenvalue weighted by Crippen LogP contribution is 2.33. The van der Waals surface area contributed by atoms with Crippen molar-refractivity contribution in [2.24, 2.45) is 0 Å². The number of pyridine rings is 2. The maximum Gasteiger partial charge on any atom is 0.327 e. The van der Waals surface area contributed by atoms with Gasteiger partial charge in [-0.05, 0) is 59.7 Å². The molecule has 0 saturated heterocycles. The van der Waals surface area contributed by atoms with Gasteiger partial charge in [-0.3, -0.25) is 14.3 Å². The number of nitrogens with two attached hydrogens (primary N) is 1. The normalized spacial score (nSPS) is 12.5. The number of nitrogen functional groups attached to an aromatic ring is 1. The van der Waals surface area contributed by atoms with Gasteiger partial charge in [-0.1, -0.05) is 31.2 Å². The fourth-order valence-corrected chi connectivity index (χ4v) is 4.93. The number of fused-ring (bicyclic) bond motifs is 3. The largest absolute Gasteiger partial charge is 0.491 e. The predicted molar refractivity (Wildman–Crippen MR) is 160 cm³/mol. The molecule has 0 aliphatic rings. The molecule has 224 valence electrons. The van der Waals surface area contributed by atoms with E-state index in [1.165, 1.54) is 0 Å². The number of rotatable bonds is 16. The van der Waals surface area contributed by atoms with Gasteiger partial charge in [-0.15, -0.1) is 0 Å². The molecule has 0 saturated carbocycles. The Morgan fingerprint density at radius 2 is 1.64 bits per heavy atom. The van der Waals surface area contributed by atoms with Crippen molar-refractivity contribution < 1.29 is 38.5 Å². The van der Waals surface area contributed by atoms with Crippen LogP contribution < -0.4 is 10.5 Å². The molecule has 4 rings (SSSR count). The van der Waals surface area contributed by atoms with Gasteiger partial charge >= 0.3 is 13.6 Å². The van der Waals surface area contributed by atoms with E-state index in [0.29, 0.717) is 37.6 Å². The zero-order valence-electron chi connectivity index (χ0n) is 23.4. The highest BCUT2D eigenvalue weighted by atomic mass is 31.2. The van der Waals surface area contributed by atoms with Crippen molar-refractivity contribution in [1.82, 2.24) is 9.97 Å². The minimum atomic E-state index is -4.03. The molecule has 4 aromatic rings. The molecular formula is C30H36N3O8P. The molecule has 0 bridgehead atoms. The Morgan fingerprint density at radius 1 is 0.952 bits per heavy atom. The molecule has 2 aromatic heterocycles. The van der Waals surface area contributed by atoms with E-state index in [4.69, 9.17) is 34.8 Å². The van der Waals surface area contributed by atoms with Gasteiger partial charge in [-0.2, -0.15) is 0 Å². The Labute approximate surface area is 243 Å². The van der Waals surface area contributed by atoms with Crippen molar-refractivity contribution in [3.63, 3.8) is 0 Å². The number of carboxylic acid groups (broad SMARTS) is 1. The monoisotopic (exact) mass is 597 g/mol. The molecule has 0 radical (unpaired) electrons. The molecule has 0 aliphatic heterocycles. The first-order chi connectivity index (χ1) is 20.1. The van der Waals surface area contributed by atoms with E-state index < -0.39 is 13.6 Å². The average Bonchev–Trinajstić information content (AvgIpc) is 2.95. The van der Waals surface area contributed by atoms with Gasteiger partial charge in [0.2, 0.25) is 0 Å². The summed E-state index contributed by atoms with van der Waals surface area (Å²) in [4.78, 5) is 37.7. The van der Waals surface area contributed by atoms with Gasteiger partial charge < -0.3 is 34.8 Å². The highest BCUT2D eigenvalue weighted by Gasteiger charge is 2.14. The summed E-state index contributed by atoms with van der Waals surface area (Å²) < 4.78 is 27.0. The van der Waals surface area contributed by atoms with Gasteiger partial charge in [0.15, 0.2) is 5.82 Å². The van der Waals surface area contributed by atoms with Crippen LogP contribution in [-0.2, 0) is 31.7 Å². The summed E-state index contributed by atoms with van der Waals surface area (Å²) in [5, 5.41) is 10.8. The molecule has 11 nitrogen and oxygen atoms in total. The predicted octanol–water partition coefficient (Wildman–Crippen LogP) is 4.32.